The molecule has 0 amide bonds. The molecule has 0 fully saturated rings. The Labute approximate surface area is 130 Å². The van der Waals surface area contributed by atoms with Gasteiger partial charge in [-0.15, -0.1) is 0 Å². The molecule has 0 unspecified atom stereocenters. The van der Waals surface area contributed by atoms with E-state index in [1.54, 1.807) is 18.2 Å². The summed E-state index contributed by atoms with van der Waals surface area (Å²) >= 11 is 0. The van der Waals surface area contributed by atoms with Crippen molar-refractivity contribution >= 4 is 22.7 Å². The quantitative estimate of drug-likeness (QED) is 0.638. The average molecular weight is 315 g/mol. The molecule has 0 radical (unpaired) electrons. The number of hydrogen-bond donors (Lipinski definition) is 1. The maximum Gasteiger partial charge on any atom is 0.416 e. The van der Waals surface area contributed by atoms with Crippen molar-refractivity contribution in [2.75, 3.05) is 0 Å². The third-order valence-corrected chi connectivity index (χ3v) is 3.46. The average Bonchev–Trinajstić information content (AvgIpc) is 2.54. The minimum absolute atomic E-state index is 0.0545. The van der Waals surface area contributed by atoms with E-state index in [1.807, 2.05) is 18.2 Å². The van der Waals surface area contributed by atoms with Gasteiger partial charge in [0.25, 0.3) is 0 Å². The van der Waals surface area contributed by atoms with Crippen LogP contribution in [0.25, 0.3) is 10.8 Å². The van der Waals surface area contributed by atoms with Gasteiger partial charge in [-0.3, -0.25) is 4.99 Å². The summed E-state index contributed by atoms with van der Waals surface area (Å²) in [6.07, 6.45) is -3.05. The van der Waals surface area contributed by atoms with Crippen LogP contribution in [0.3, 0.4) is 0 Å². The van der Waals surface area contributed by atoms with Crippen molar-refractivity contribution < 1.29 is 18.3 Å². The van der Waals surface area contributed by atoms with Crippen LogP contribution in [0.2, 0.25) is 0 Å². The van der Waals surface area contributed by atoms with Crippen LogP contribution in [0.15, 0.2) is 65.7 Å². The van der Waals surface area contributed by atoms with Gasteiger partial charge in [-0.05, 0) is 29.7 Å². The van der Waals surface area contributed by atoms with Crippen molar-refractivity contribution in [3.63, 3.8) is 0 Å². The normalized spacial score (nSPS) is 12.1. The fourth-order valence-corrected chi connectivity index (χ4v) is 2.28. The van der Waals surface area contributed by atoms with E-state index in [4.69, 9.17) is 0 Å². The van der Waals surface area contributed by atoms with Gasteiger partial charge >= 0.3 is 6.18 Å². The molecule has 0 aromatic heterocycles. The molecule has 0 heterocycles. The molecule has 3 rings (SSSR count). The molecule has 0 saturated heterocycles. The van der Waals surface area contributed by atoms with Gasteiger partial charge in [0.05, 0.1) is 11.3 Å². The number of benzene rings is 3. The summed E-state index contributed by atoms with van der Waals surface area (Å²) in [7, 11) is 0. The van der Waals surface area contributed by atoms with E-state index in [-0.39, 0.29) is 11.4 Å². The number of aromatic hydroxyl groups is 1. The summed E-state index contributed by atoms with van der Waals surface area (Å²) in [5, 5.41) is 11.8. The van der Waals surface area contributed by atoms with Gasteiger partial charge in [0.15, 0.2) is 0 Å². The first kappa shape index (κ1) is 15.1. The highest BCUT2D eigenvalue weighted by atomic mass is 19.4. The second kappa shape index (κ2) is 5.76. The van der Waals surface area contributed by atoms with Crippen molar-refractivity contribution in [1.82, 2.24) is 0 Å². The second-order valence-electron chi connectivity index (χ2n) is 5.03. The van der Waals surface area contributed by atoms with Gasteiger partial charge in [0.1, 0.15) is 5.75 Å². The molecule has 0 aliphatic rings. The van der Waals surface area contributed by atoms with Gasteiger partial charge in [-0.25, -0.2) is 0 Å². The summed E-state index contributed by atoms with van der Waals surface area (Å²) in [5.41, 5.74) is -0.136. The van der Waals surface area contributed by atoms with Crippen LogP contribution in [0.1, 0.15) is 11.1 Å². The monoisotopic (exact) mass is 315 g/mol. The Morgan fingerprint density at radius 2 is 1.70 bits per heavy atom. The Morgan fingerprint density at radius 3 is 2.48 bits per heavy atom. The Balaban J connectivity index is 1.96. The van der Waals surface area contributed by atoms with E-state index in [0.29, 0.717) is 10.9 Å². The Bertz CT molecular complexity index is 885. The summed E-state index contributed by atoms with van der Waals surface area (Å²) < 4.78 is 38.0. The first-order chi connectivity index (χ1) is 10.9. The van der Waals surface area contributed by atoms with Crippen LogP contribution in [0.5, 0.6) is 5.75 Å². The van der Waals surface area contributed by atoms with E-state index in [2.05, 4.69) is 4.99 Å². The highest BCUT2D eigenvalue weighted by Crippen LogP contribution is 2.32. The molecule has 3 aromatic rings. The van der Waals surface area contributed by atoms with E-state index in [0.717, 1.165) is 17.5 Å². The fraction of sp³-hybridized carbons (Fsp3) is 0.0556. The van der Waals surface area contributed by atoms with E-state index < -0.39 is 11.7 Å². The summed E-state index contributed by atoms with van der Waals surface area (Å²) in [6, 6.07) is 15.5. The standard InChI is InChI=1S/C18H12F3NO/c19-18(20,21)14-5-3-6-15(10-14)22-11-13-9-8-12-4-1-2-7-16(12)17(13)23/h1-11,23H. The van der Waals surface area contributed by atoms with Gasteiger partial charge in [-0.2, -0.15) is 13.2 Å². The van der Waals surface area contributed by atoms with Crippen LogP contribution in [0.4, 0.5) is 18.9 Å². The van der Waals surface area contributed by atoms with Crippen LogP contribution < -0.4 is 0 Å². The Hall–Kier alpha value is -2.82. The number of phenolic OH excluding ortho intramolecular Hbond substituents is 1. The number of rotatable bonds is 2. The van der Waals surface area contributed by atoms with Crippen LogP contribution >= 0.6 is 0 Å². The molecule has 0 aliphatic carbocycles. The lowest BCUT2D eigenvalue weighted by Gasteiger charge is -2.07. The highest BCUT2D eigenvalue weighted by molar-refractivity contribution is 5.97. The molecule has 2 nitrogen and oxygen atoms in total. The molecular weight excluding hydrogens is 303 g/mol. The van der Waals surface area contributed by atoms with Gasteiger partial charge in [0, 0.05) is 17.2 Å². The molecule has 23 heavy (non-hydrogen) atoms. The zero-order valence-corrected chi connectivity index (χ0v) is 11.9. The fourth-order valence-electron chi connectivity index (χ4n) is 2.28. The molecule has 0 aliphatic heterocycles. The van der Waals surface area contributed by atoms with Crippen molar-refractivity contribution in [3.8, 4) is 5.75 Å². The summed E-state index contributed by atoms with van der Waals surface area (Å²) in [6.45, 7) is 0. The van der Waals surface area contributed by atoms with Crippen LogP contribution in [-0.4, -0.2) is 11.3 Å². The SMILES string of the molecule is Oc1c(C=Nc2cccc(C(F)(F)F)c2)ccc2ccccc12. The summed E-state index contributed by atoms with van der Waals surface area (Å²) in [5.74, 6) is 0.0545. The molecular formula is C18H12F3NO. The maximum atomic E-state index is 12.7. The van der Waals surface area contributed by atoms with Crippen LogP contribution in [-0.2, 0) is 6.18 Å². The van der Waals surface area contributed by atoms with Crippen molar-refractivity contribution in [3.05, 3.63) is 71.8 Å². The zero-order chi connectivity index (χ0) is 16.4. The largest absolute Gasteiger partial charge is 0.507 e. The third kappa shape index (κ3) is 3.18. The Morgan fingerprint density at radius 1 is 0.913 bits per heavy atom. The molecule has 0 bridgehead atoms. The topological polar surface area (TPSA) is 32.6 Å². The lowest BCUT2D eigenvalue weighted by Crippen LogP contribution is -2.03. The second-order valence-corrected chi connectivity index (χ2v) is 5.03. The lowest BCUT2D eigenvalue weighted by molar-refractivity contribution is -0.137. The number of nitrogens with zero attached hydrogens (tertiary/aromatic N) is 1. The zero-order valence-electron chi connectivity index (χ0n) is 11.9. The summed E-state index contributed by atoms with van der Waals surface area (Å²) in [4.78, 5) is 4.03. The van der Waals surface area contributed by atoms with Crippen LogP contribution in [0, 0.1) is 0 Å². The molecule has 3 aromatic carbocycles. The van der Waals surface area contributed by atoms with Gasteiger partial charge in [-0.1, -0.05) is 36.4 Å². The number of halogens is 3. The highest BCUT2D eigenvalue weighted by Gasteiger charge is 2.30. The minimum atomic E-state index is -4.41. The molecule has 1 N–H and O–H groups in total. The lowest BCUT2D eigenvalue weighted by atomic mass is 10.1. The number of alkyl halides is 3. The predicted molar refractivity (Wildman–Crippen MR) is 84.3 cm³/mol. The van der Waals surface area contributed by atoms with E-state index in [1.165, 1.54) is 18.3 Å². The molecule has 5 heteroatoms. The van der Waals surface area contributed by atoms with Crippen molar-refractivity contribution in [2.24, 2.45) is 4.99 Å². The number of hydrogen-bond acceptors (Lipinski definition) is 2. The maximum absolute atomic E-state index is 12.7. The third-order valence-electron chi connectivity index (χ3n) is 3.46. The first-order valence-corrected chi connectivity index (χ1v) is 6.87. The number of phenols is 1. The van der Waals surface area contributed by atoms with Gasteiger partial charge < -0.3 is 5.11 Å². The van der Waals surface area contributed by atoms with E-state index in [9.17, 15) is 18.3 Å². The van der Waals surface area contributed by atoms with E-state index >= 15 is 0 Å². The predicted octanol–water partition coefficient (Wildman–Crippen LogP) is 5.31. The molecule has 0 atom stereocenters. The van der Waals surface area contributed by atoms with Crippen molar-refractivity contribution in [2.45, 2.75) is 6.18 Å². The molecule has 0 saturated carbocycles. The minimum Gasteiger partial charge on any atom is -0.507 e. The molecule has 0 spiro atoms. The number of fused-ring (bicyclic) bond motifs is 1. The first-order valence-electron chi connectivity index (χ1n) is 6.87. The van der Waals surface area contributed by atoms with Gasteiger partial charge in [0.2, 0.25) is 0 Å². The Kier molecular flexibility index (Phi) is 3.78. The van der Waals surface area contributed by atoms with Crippen molar-refractivity contribution in [1.29, 1.82) is 0 Å². The molecule has 116 valence electrons. The smallest absolute Gasteiger partial charge is 0.416 e. The number of aliphatic imine (C=N–C) groups is 1.